The predicted octanol–water partition coefficient (Wildman–Crippen LogP) is 2.54. The van der Waals surface area contributed by atoms with Crippen LogP contribution in [0, 0.1) is 0 Å². The standard InChI is InChI=1S/C11H12N2OS/c1-7(12)10-6-13-11(15-10)8-3-2-4-9(14)5-8/h2-7,14H,12H2,1H3. The summed E-state index contributed by atoms with van der Waals surface area (Å²) in [5, 5.41) is 10.2. The Morgan fingerprint density at radius 3 is 2.87 bits per heavy atom. The van der Waals surface area contributed by atoms with Crippen molar-refractivity contribution in [3.63, 3.8) is 0 Å². The van der Waals surface area contributed by atoms with Crippen LogP contribution in [0.3, 0.4) is 0 Å². The Morgan fingerprint density at radius 1 is 1.47 bits per heavy atom. The molecule has 0 saturated carbocycles. The lowest BCUT2D eigenvalue weighted by atomic mass is 10.2. The highest BCUT2D eigenvalue weighted by atomic mass is 32.1. The first kappa shape index (κ1) is 10.1. The number of hydrogen-bond donors (Lipinski definition) is 2. The Morgan fingerprint density at radius 2 is 2.27 bits per heavy atom. The molecule has 4 heteroatoms. The number of hydrogen-bond acceptors (Lipinski definition) is 4. The number of phenolic OH excluding ortho intramolecular Hbond substituents is 1. The molecule has 0 amide bonds. The maximum Gasteiger partial charge on any atom is 0.123 e. The second-order valence-corrected chi connectivity index (χ2v) is 4.47. The van der Waals surface area contributed by atoms with Crippen molar-refractivity contribution in [1.82, 2.24) is 4.98 Å². The first-order valence-electron chi connectivity index (χ1n) is 4.67. The molecule has 78 valence electrons. The molecular weight excluding hydrogens is 208 g/mol. The third-order valence-corrected chi connectivity index (χ3v) is 3.31. The molecule has 1 aromatic heterocycles. The average molecular weight is 220 g/mol. The zero-order valence-electron chi connectivity index (χ0n) is 8.34. The molecule has 3 N–H and O–H groups in total. The molecule has 0 aliphatic heterocycles. The number of benzene rings is 1. The van der Waals surface area contributed by atoms with Crippen molar-refractivity contribution in [2.24, 2.45) is 5.73 Å². The summed E-state index contributed by atoms with van der Waals surface area (Å²) in [5.74, 6) is 0.255. The number of nitrogens with zero attached hydrogens (tertiary/aromatic N) is 1. The Kier molecular flexibility index (Phi) is 2.70. The summed E-state index contributed by atoms with van der Waals surface area (Å²) < 4.78 is 0. The van der Waals surface area contributed by atoms with Gasteiger partial charge in [-0.15, -0.1) is 11.3 Å². The number of aromatic hydroxyl groups is 1. The summed E-state index contributed by atoms with van der Waals surface area (Å²) in [6.45, 7) is 1.93. The van der Waals surface area contributed by atoms with Crippen LogP contribution in [0.2, 0.25) is 0 Å². The highest BCUT2D eigenvalue weighted by Gasteiger charge is 2.07. The third kappa shape index (κ3) is 2.16. The molecule has 15 heavy (non-hydrogen) atoms. The van der Waals surface area contributed by atoms with E-state index >= 15 is 0 Å². The highest BCUT2D eigenvalue weighted by Crippen LogP contribution is 2.29. The molecule has 1 unspecified atom stereocenters. The van der Waals surface area contributed by atoms with Crippen molar-refractivity contribution < 1.29 is 5.11 Å². The second-order valence-electron chi connectivity index (χ2n) is 3.41. The summed E-state index contributed by atoms with van der Waals surface area (Å²) in [4.78, 5) is 5.33. The monoisotopic (exact) mass is 220 g/mol. The maximum atomic E-state index is 9.34. The van der Waals surface area contributed by atoms with Crippen LogP contribution in [-0.4, -0.2) is 10.1 Å². The molecule has 1 aromatic carbocycles. The normalized spacial score (nSPS) is 12.7. The number of aromatic nitrogens is 1. The summed E-state index contributed by atoms with van der Waals surface area (Å²) in [7, 11) is 0. The van der Waals surface area contributed by atoms with Gasteiger partial charge >= 0.3 is 0 Å². The van der Waals surface area contributed by atoms with Crippen molar-refractivity contribution in [3.05, 3.63) is 35.3 Å². The zero-order chi connectivity index (χ0) is 10.8. The van der Waals surface area contributed by atoms with Gasteiger partial charge in [-0.3, -0.25) is 0 Å². The molecule has 0 fully saturated rings. The molecular formula is C11H12N2OS. The van der Waals surface area contributed by atoms with Crippen LogP contribution in [0.15, 0.2) is 30.5 Å². The molecule has 0 aliphatic rings. The van der Waals surface area contributed by atoms with Crippen LogP contribution in [0.1, 0.15) is 17.8 Å². The summed E-state index contributed by atoms with van der Waals surface area (Å²) >= 11 is 1.56. The maximum absolute atomic E-state index is 9.34. The summed E-state index contributed by atoms with van der Waals surface area (Å²) in [6.07, 6.45) is 1.79. The molecule has 0 bridgehead atoms. The van der Waals surface area contributed by atoms with Crippen molar-refractivity contribution in [2.45, 2.75) is 13.0 Å². The van der Waals surface area contributed by atoms with E-state index < -0.39 is 0 Å². The molecule has 2 rings (SSSR count). The smallest absolute Gasteiger partial charge is 0.123 e. The largest absolute Gasteiger partial charge is 0.508 e. The van der Waals surface area contributed by atoms with Gasteiger partial charge in [-0.25, -0.2) is 4.98 Å². The lowest BCUT2D eigenvalue weighted by Crippen LogP contribution is -2.01. The predicted molar refractivity (Wildman–Crippen MR) is 61.8 cm³/mol. The van der Waals surface area contributed by atoms with Crippen LogP contribution in [0.4, 0.5) is 0 Å². The SMILES string of the molecule is CC(N)c1cnc(-c2cccc(O)c2)s1. The van der Waals surface area contributed by atoms with E-state index in [9.17, 15) is 5.11 Å². The molecule has 2 aromatic rings. The van der Waals surface area contributed by atoms with E-state index in [0.29, 0.717) is 0 Å². The number of thiazole rings is 1. The Balaban J connectivity index is 2.37. The Bertz CT molecular complexity index is 465. The quantitative estimate of drug-likeness (QED) is 0.817. The van der Waals surface area contributed by atoms with Crippen molar-refractivity contribution >= 4 is 11.3 Å². The van der Waals surface area contributed by atoms with E-state index in [-0.39, 0.29) is 11.8 Å². The van der Waals surface area contributed by atoms with E-state index in [0.717, 1.165) is 15.4 Å². The van der Waals surface area contributed by atoms with E-state index in [2.05, 4.69) is 4.98 Å². The van der Waals surface area contributed by atoms with Gasteiger partial charge < -0.3 is 10.8 Å². The van der Waals surface area contributed by atoms with Crippen LogP contribution in [-0.2, 0) is 0 Å². The minimum Gasteiger partial charge on any atom is -0.508 e. The highest BCUT2D eigenvalue weighted by molar-refractivity contribution is 7.15. The van der Waals surface area contributed by atoms with Gasteiger partial charge in [-0.05, 0) is 19.1 Å². The minimum atomic E-state index is 0.00793. The Labute approximate surface area is 92.2 Å². The molecule has 1 heterocycles. The van der Waals surface area contributed by atoms with Crippen LogP contribution in [0.25, 0.3) is 10.6 Å². The number of nitrogens with two attached hydrogens (primary N) is 1. The first-order chi connectivity index (χ1) is 7.16. The molecule has 3 nitrogen and oxygen atoms in total. The third-order valence-electron chi connectivity index (χ3n) is 2.07. The van der Waals surface area contributed by atoms with Gasteiger partial charge in [0.25, 0.3) is 0 Å². The van der Waals surface area contributed by atoms with Gasteiger partial charge in [0.05, 0.1) is 0 Å². The fourth-order valence-corrected chi connectivity index (χ4v) is 2.13. The lowest BCUT2D eigenvalue weighted by Gasteiger charge is -1.98. The van der Waals surface area contributed by atoms with Gasteiger partial charge in [0.1, 0.15) is 10.8 Å². The van der Waals surface area contributed by atoms with Crippen LogP contribution < -0.4 is 5.73 Å². The molecule has 0 aliphatic carbocycles. The first-order valence-corrected chi connectivity index (χ1v) is 5.49. The second kappa shape index (κ2) is 4.00. The van der Waals surface area contributed by atoms with E-state index in [1.807, 2.05) is 13.0 Å². The summed E-state index contributed by atoms with van der Waals surface area (Å²) in [5.41, 5.74) is 6.68. The van der Waals surface area contributed by atoms with Crippen molar-refractivity contribution in [1.29, 1.82) is 0 Å². The number of phenols is 1. The van der Waals surface area contributed by atoms with Gasteiger partial charge in [0.15, 0.2) is 0 Å². The van der Waals surface area contributed by atoms with Gasteiger partial charge in [0.2, 0.25) is 0 Å². The topological polar surface area (TPSA) is 59.1 Å². The fourth-order valence-electron chi connectivity index (χ4n) is 1.27. The zero-order valence-corrected chi connectivity index (χ0v) is 9.16. The summed E-state index contributed by atoms with van der Waals surface area (Å²) in [6, 6.07) is 7.07. The van der Waals surface area contributed by atoms with Crippen molar-refractivity contribution in [3.8, 4) is 16.3 Å². The average Bonchev–Trinajstić information content (AvgIpc) is 2.66. The number of rotatable bonds is 2. The van der Waals surface area contributed by atoms with E-state index in [4.69, 9.17) is 5.73 Å². The van der Waals surface area contributed by atoms with Gasteiger partial charge in [0, 0.05) is 22.7 Å². The van der Waals surface area contributed by atoms with E-state index in [1.54, 1.807) is 35.7 Å². The van der Waals surface area contributed by atoms with Crippen LogP contribution >= 0.6 is 11.3 Å². The van der Waals surface area contributed by atoms with Gasteiger partial charge in [-0.2, -0.15) is 0 Å². The van der Waals surface area contributed by atoms with Gasteiger partial charge in [-0.1, -0.05) is 12.1 Å². The van der Waals surface area contributed by atoms with Crippen LogP contribution in [0.5, 0.6) is 5.75 Å². The molecule has 0 saturated heterocycles. The molecule has 0 radical (unpaired) electrons. The van der Waals surface area contributed by atoms with E-state index in [1.165, 1.54) is 0 Å². The van der Waals surface area contributed by atoms with Crippen molar-refractivity contribution in [2.75, 3.05) is 0 Å². The molecule has 1 atom stereocenters. The minimum absolute atomic E-state index is 0.00793. The molecule has 0 spiro atoms. The lowest BCUT2D eigenvalue weighted by molar-refractivity contribution is 0.475. The fraction of sp³-hybridized carbons (Fsp3) is 0.182. The Hall–Kier alpha value is -1.39.